The molecule has 0 spiro atoms. The average Bonchev–Trinajstić information content (AvgIpc) is 2.95. The maximum Gasteiger partial charge on any atom is 0.224 e. The number of para-hydroxylation sites is 1. The quantitative estimate of drug-likeness (QED) is 0.582. The van der Waals surface area contributed by atoms with Crippen LogP contribution in [0.2, 0.25) is 0 Å². The number of hydrogen-bond donors (Lipinski definition) is 0. The fourth-order valence-corrected chi connectivity index (χ4v) is 5.53. The predicted octanol–water partition coefficient (Wildman–Crippen LogP) is 3.34. The summed E-state index contributed by atoms with van der Waals surface area (Å²) in [6.45, 7) is 15.3. The van der Waals surface area contributed by atoms with E-state index in [0.717, 1.165) is 75.8 Å². The number of carbonyl (C=O) groups is 2. The van der Waals surface area contributed by atoms with Crippen molar-refractivity contribution in [1.82, 2.24) is 19.7 Å². The zero-order valence-corrected chi connectivity index (χ0v) is 23.4. The standard InChI is InChI=1S/C30H44N6O2/c1-25(2)23-33-14-8-15-36(26(3)37)28-10-5-4-9-27(28)24-35(22-19-33)30(38)12-16-32-17-20-34(21-18-32)29-11-6-7-13-31-29/h4-7,9-11,13,25H,8,12,14-24H2,1-3H3. The van der Waals surface area contributed by atoms with Crippen LogP contribution >= 0.6 is 0 Å². The highest BCUT2D eigenvalue weighted by Gasteiger charge is 2.24. The first-order chi connectivity index (χ1) is 18.4. The second kappa shape index (κ2) is 13.7. The summed E-state index contributed by atoms with van der Waals surface area (Å²) in [5.74, 6) is 1.81. The minimum atomic E-state index is 0.0508. The molecule has 0 unspecified atom stereocenters. The molecule has 0 aliphatic carbocycles. The van der Waals surface area contributed by atoms with Gasteiger partial charge in [-0.05, 0) is 42.6 Å². The van der Waals surface area contributed by atoms with Gasteiger partial charge in [0.05, 0.1) is 0 Å². The van der Waals surface area contributed by atoms with E-state index in [1.165, 1.54) is 0 Å². The molecule has 0 bridgehead atoms. The first-order valence-electron chi connectivity index (χ1n) is 14.1. The molecule has 206 valence electrons. The second-order valence-corrected chi connectivity index (χ2v) is 10.9. The third-order valence-electron chi connectivity index (χ3n) is 7.53. The van der Waals surface area contributed by atoms with Crippen LogP contribution in [0.4, 0.5) is 11.5 Å². The zero-order chi connectivity index (χ0) is 26.9. The molecule has 0 saturated carbocycles. The maximum atomic E-state index is 13.6. The van der Waals surface area contributed by atoms with Crippen LogP contribution in [0.15, 0.2) is 48.7 Å². The first-order valence-corrected chi connectivity index (χ1v) is 14.1. The van der Waals surface area contributed by atoms with Crippen molar-refractivity contribution in [2.75, 3.05) is 75.2 Å². The smallest absolute Gasteiger partial charge is 0.224 e. The average molecular weight is 521 g/mol. The lowest BCUT2D eigenvalue weighted by Gasteiger charge is -2.35. The van der Waals surface area contributed by atoms with Crippen molar-refractivity contribution in [3.05, 3.63) is 54.2 Å². The Labute approximate surface area is 228 Å². The number of aromatic nitrogens is 1. The van der Waals surface area contributed by atoms with Crippen LogP contribution in [0.5, 0.6) is 0 Å². The summed E-state index contributed by atoms with van der Waals surface area (Å²) >= 11 is 0. The van der Waals surface area contributed by atoms with Crippen LogP contribution in [0.3, 0.4) is 0 Å². The SMILES string of the molecule is CC(=O)N1CCCN(CC(C)C)CCN(C(=O)CCN2CCN(c3ccccn3)CC2)Cc2ccccc21. The van der Waals surface area contributed by atoms with Gasteiger partial charge in [-0.25, -0.2) is 4.98 Å². The molecule has 0 radical (unpaired) electrons. The number of carbonyl (C=O) groups excluding carboxylic acids is 2. The van der Waals surface area contributed by atoms with Gasteiger partial charge in [0, 0.05) is 90.7 Å². The van der Waals surface area contributed by atoms with Crippen molar-refractivity contribution >= 4 is 23.3 Å². The third-order valence-corrected chi connectivity index (χ3v) is 7.53. The normalized spacial score (nSPS) is 18.3. The molecular weight excluding hydrogens is 476 g/mol. The summed E-state index contributed by atoms with van der Waals surface area (Å²) in [4.78, 5) is 41.7. The number of nitrogens with zero attached hydrogens (tertiary/aromatic N) is 6. The largest absolute Gasteiger partial charge is 0.354 e. The number of hydrogen-bond acceptors (Lipinski definition) is 6. The van der Waals surface area contributed by atoms with Crippen molar-refractivity contribution in [1.29, 1.82) is 0 Å². The molecule has 3 heterocycles. The maximum absolute atomic E-state index is 13.6. The minimum Gasteiger partial charge on any atom is -0.354 e. The summed E-state index contributed by atoms with van der Waals surface area (Å²) in [6, 6.07) is 14.1. The van der Waals surface area contributed by atoms with Gasteiger partial charge < -0.3 is 19.6 Å². The Morgan fingerprint density at radius 2 is 1.61 bits per heavy atom. The fourth-order valence-electron chi connectivity index (χ4n) is 5.53. The van der Waals surface area contributed by atoms with Gasteiger partial charge in [0.2, 0.25) is 11.8 Å². The summed E-state index contributed by atoms with van der Waals surface area (Å²) in [6.07, 6.45) is 3.26. The predicted molar refractivity (Wildman–Crippen MR) is 153 cm³/mol. The molecular formula is C30H44N6O2. The highest BCUT2D eigenvalue weighted by atomic mass is 16.2. The number of piperazine rings is 1. The molecule has 1 aromatic carbocycles. The zero-order valence-electron chi connectivity index (χ0n) is 23.4. The van der Waals surface area contributed by atoms with Crippen LogP contribution in [0.1, 0.15) is 39.2 Å². The van der Waals surface area contributed by atoms with Crippen molar-refractivity contribution in [2.45, 2.75) is 40.2 Å². The third kappa shape index (κ3) is 7.77. The Hall–Kier alpha value is -2.97. The van der Waals surface area contributed by atoms with Crippen molar-refractivity contribution < 1.29 is 9.59 Å². The summed E-state index contributed by atoms with van der Waals surface area (Å²) < 4.78 is 0. The van der Waals surface area contributed by atoms with Crippen LogP contribution in [0, 0.1) is 5.92 Å². The van der Waals surface area contributed by atoms with E-state index < -0.39 is 0 Å². The van der Waals surface area contributed by atoms with Crippen LogP contribution in [0.25, 0.3) is 0 Å². The van der Waals surface area contributed by atoms with E-state index in [-0.39, 0.29) is 11.8 Å². The molecule has 2 amide bonds. The molecule has 1 fully saturated rings. The Morgan fingerprint density at radius 1 is 0.868 bits per heavy atom. The van der Waals surface area contributed by atoms with E-state index in [1.54, 1.807) is 6.92 Å². The van der Waals surface area contributed by atoms with E-state index >= 15 is 0 Å². The van der Waals surface area contributed by atoms with E-state index in [9.17, 15) is 9.59 Å². The topological polar surface area (TPSA) is 63.2 Å². The van der Waals surface area contributed by atoms with E-state index in [2.05, 4.69) is 45.7 Å². The first kappa shape index (κ1) is 28.0. The molecule has 1 saturated heterocycles. The summed E-state index contributed by atoms with van der Waals surface area (Å²) in [7, 11) is 0. The second-order valence-electron chi connectivity index (χ2n) is 10.9. The number of fused-ring (bicyclic) bond motifs is 1. The number of rotatable bonds is 6. The minimum absolute atomic E-state index is 0.0508. The van der Waals surface area contributed by atoms with Crippen molar-refractivity contribution in [3.8, 4) is 0 Å². The number of anilines is 2. The van der Waals surface area contributed by atoms with Crippen molar-refractivity contribution in [3.63, 3.8) is 0 Å². The number of pyridine rings is 1. The monoisotopic (exact) mass is 520 g/mol. The molecule has 8 nitrogen and oxygen atoms in total. The highest BCUT2D eigenvalue weighted by molar-refractivity contribution is 5.92. The van der Waals surface area contributed by atoms with Gasteiger partial charge in [-0.1, -0.05) is 38.1 Å². The Balaban J connectivity index is 1.42. The fraction of sp³-hybridized carbons (Fsp3) is 0.567. The van der Waals surface area contributed by atoms with Gasteiger partial charge in [0.25, 0.3) is 0 Å². The van der Waals surface area contributed by atoms with E-state index in [4.69, 9.17) is 0 Å². The number of amides is 2. The number of benzene rings is 1. The highest BCUT2D eigenvalue weighted by Crippen LogP contribution is 2.24. The molecule has 0 atom stereocenters. The van der Waals surface area contributed by atoms with Gasteiger partial charge >= 0.3 is 0 Å². The van der Waals surface area contributed by atoms with E-state index in [1.807, 2.05) is 46.3 Å². The lowest BCUT2D eigenvalue weighted by Crippen LogP contribution is -2.48. The van der Waals surface area contributed by atoms with Gasteiger partial charge in [0.1, 0.15) is 5.82 Å². The molecule has 8 heteroatoms. The van der Waals surface area contributed by atoms with Crippen molar-refractivity contribution in [2.24, 2.45) is 5.92 Å². The van der Waals surface area contributed by atoms with Gasteiger partial charge in [-0.2, -0.15) is 0 Å². The van der Waals surface area contributed by atoms with Crippen LogP contribution in [-0.4, -0.2) is 96.9 Å². The molecule has 2 aliphatic rings. The molecule has 2 aliphatic heterocycles. The Morgan fingerprint density at radius 3 is 2.32 bits per heavy atom. The van der Waals surface area contributed by atoms with Gasteiger partial charge in [-0.3, -0.25) is 14.5 Å². The van der Waals surface area contributed by atoms with Crippen LogP contribution in [-0.2, 0) is 16.1 Å². The Kier molecular flexibility index (Phi) is 10.1. The molecule has 1 aromatic heterocycles. The molecule has 38 heavy (non-hydrogen) atoms. The lowest BCUT2D eigenvalue weighted by molar-refractivity contribution is -0.132. The summed E-state index contributed by atoms with van der Waals surface area (Å²) in [5, 5.41) is 0. The molecule has 4 rings (SSSR count). The molecule has 2 aromatic rings. The van der Waals surface area contributed by atoms with E-state index in [0.29, 0.717) is 32.0 Å². The Bertz CT molecular complexity index is 1040. The van der Waals surface area contributed by atoms with Crippen LogP contribution < -0.4 is 9.80 Å². The molecule has 0 N–H and O–H groups in total. The van der Waals surface area contributed by atoms with Gasteiger partial charge in [0.15, 0.2) is 0 Å². The van der Waals surface area contributed by atoms with Gasteiger partial charge in [-0.15, -0.1) is 0 Å². The summed E-state index contributed by atoms with van der Waals surface area (Å²) in [5.41, 5.74) is 1.97. The lowest BCUT2D eigenvalue weighted by atomic mass is 10.1.